The van der Waals surface area contributed by atoms with E-state index in [0.29, 0.717) is 5.75 Å². The molecule has 7 heteroatoms. The lowest BCUT2D eigenvalue weighted by atomic mass is 9.88. The molecule has 0 atom stereocenters. The molecule has 1 aliphatic carbocycles. The molecule has 0 saturated heterocycles. The van der Waals surface area contributed by atoms with E-state index in [2.05, 4.69) is 18.0 Å². The number of aryl methyl sites for hydroxylation is 1. The van der Waals surface area contributed by atoms with Crippen LogP contribution in [-0.4, -0.2) is 36.5 Å². The molecule has 0 bridgehead atoms. The standard InChI is InChI=1S/C9H10O3.C5H10.C4H9NO.2C2H6.CH3NO/c1-7-2-4-8(5-3-7)12-6-9(10)11;1-5-3-2-4-5;1-3-5-4(2)6;2*1-2;2-1-3/h2-5H,6H2,1H3,(H,10,11);5H,2-4H2,1H3;3H2,1-2H3,(H,5,6);2*1-2H3;1H,(H2,2,3). The fourth-order valence-corrected chi connectivity index (χ4v) is 1.64. The van der Waals surface area contributed by atoms with Crippen LogP contribution in [0.2, 0.25) is 0 Å². The third-order valence-corrected chi connectivity index (χ3v) is 3.20. The van der Waals surface area contributed by atoms with Crippen molar-refractivity contribution in [2.45, 2.75) is 74.7 Å². The van der Waals surface area contributed by atoms with Gasteiger partial charge in [0, 0.05) is 13.5 Å². The van der Waals surface area contributed by atoms with E-state index in [1.165, 1.54) is 26.2 Å². The van der Waals surface area contributed by atoms with Gasteiger partial charge in [-0.3, -0.25) is 9.59 Å². The molecule has 0 spiro atoms. The van der Waals surface area contributed by atoms with Gasteiger partial charge in [0.05, 0.1) is 0 Å². The molecule has 2 rings (SSSR count). The maximum absolute atomic E-state index is 10.1. The lowest BCUT2D eigenvalue weighted by molar-refractivity contribution is -0.139. The number of aliphatic carboxylic acids is 1. The van der Waals surface area contributed by atoms with Crippen LogP contribution in [0.1, 0.15) is 73.3 Å². The molecule has 176 valence electrons. The van der Waals surface area contributed by atoms with Crippen LogP contribution < -0.4 is 15.8 Å². The number of hydrogen-bond acceptors (Lipinski definition) is 4. The van der Waals surface area contributed by atoms with Crippen molar-refractivity contribution in [1.82, 2.24) is 5.32 Å². The number of nitrogens with two attached hydrogens (primary N) is 1. The first-order valence-corrected chi connectivity index (χ1v) is 10.6. The van der Waals surface area contributed by atoms with E-state index < -0.39 is 5.97 Å². The number of benzene rings is 1. The second kappa shape index (κ2) is 28.6. The van der Waals surface area contributed by atoms with Crippen LogP contribution in [0, 0.1) is 12.8 Å². The largest absolute Gasteiger partial charge is 0.482 e. The topological polar surface area (TPSA) is 119 Å². The minimum absolute atomic E-state index is 0.0394. The summed E-state index contributed by atoms with van der Waals surface area (Å²) in [5.74, 6) is 0.728. The first-order chi connectivity index (χ1) is 14.3. The zero-order valence-electron chi connectivity index (χ0n) is 20.2. The molecule has 0 aromatic heterocycles. The molecule has 1 aliphatic rings. The number of carboxylic acids is 1. The van der Waals surface area contributed by atoms with Gasteiger partial charge in [-0.05, 0) is 31.9 Å². The molecule has 0 radical (unpaired) electrons. The fraction of sp³-hybridized carbons (Fsp3) is 0.609. The highest BCUT2D eigenvalue weighted by Gasteiger charge is 2.09. The van der Waals surface area contributed by atoms with E-state index in [4.69, 9.17) is 14.6 Å². The molecule has 0 aliphatic heterocycles. The van der Waals surface area contributed by atoms with Crippen LogP contribution in [0.25, 0.3) is 0 Å². The van der Waals surface area contributed by atoms with Gasteiger partial charge in [-0.1, -0.05) is 71.6 Å². The number of amides is 2. The number of carbonyl (C=O) groups excluding carboxylic acids is 2. The normalized spacial score (nSPS) is 10.4. The summed E-state index contributed by atoms with van der Waals surface area (Å²) in [6, 6.07) is 7.24. The molecule has 1 fully saturated rings. The minimum Gasteiger partial charge on any atom is -0.482 e. The third-order valence-electron chi connectivity index (χ3n) is 3.20. The predicted octanol–water partition coefficient (Wildman–Crippen LogP) is 4.56. The predicted molar refractivity (Wildman–Crippen MR) is 125 cm³/mol. The zero-order valence-corrected chi connectivity index (χ0v) is 20.2. The van der Waals surface area contributed by atoms with Crippen molar-refractivity contribution in [3.05, 3.63) is 29.8 Å². The lowest BCUT2D eigenvalue weighted by Crippen LogP contribution is -2.18. The number of hydrogen-bond donors (Lipinski definition) is 3. The minimum atomic E-state index is -0.962. The van der Waals surface area contributed by atoms with Crippen LogP contribution in [0.5, 0.6) is 5.75 Å². The molecular weight excluding hydrogens is 384 g/mol. The summed E-state index contributed by atoms with van der Waals surface area (Å²) in [6.07, 6.45) is 4.71. The second-order valence-corrected chi connectivity index (χ2v) is 5.75. The summed E-state index contributed by atoms with van der Waals surface area (Å²) in [5.41, 5.74) is 5.29. The Hall–Kier alpha value is -2.57. The Morgan fingerprint density at radius 2 is 1.57 bits per heavy atom. The highest BCUT2D eigenvalue weighted by atomic mass is 16.5. The number of carboxylic acid groups (broad SMARTS) is 1. The maximum Gasteiger partial charge on any atom is 0.341 e. The average Bonchev–Trinajstić information content (AvgIpc) is 2.70. The first kappa shape index (κ1) is 34.9. The summed E-state index contributed by atoms with van der Waals surface area (Å²) >= 11 is 0. The Kier molecular flexibility index (Phi) is 33.3. The van der Waals surface area contributed by atoms with Gasteiger partial charge in [0.1, 0.15) is 5.75 Å². The van der Waals surface area contributed by atoms with Gasteiger partial charge >= 0.3 is 5.97 Å². The second-order valence-electron chi connectivity index (χ2n) is 5.75. The molecule has 0 heterocycles. The maximum atomic E-state index is 10.1. The van der Waals surface area contributed by atoms with E-state index in [-0.39, 0.29) is 18.9 Å². The van der Waals surface area contributed by atoms with E-state index in [1.807, 2.05) is 53.7 Å². The van der Waals surface area contributed by atoms with Gasteiger partial charge in [-0.25, -0.2) is 4.79 Å². The first-order valence-electron chi connectivity index (χ1n) is 10.6. The van der Waals surface area contributed by atoms with Crippen molar-refractivity contribution in [2.24, 2.45) is 11.7 Å². The van der Waals surface area contributed by atoms with Gasteiger partial charge in [0.25, 0.3) is 0 Å². The molecule has 1 saturated carbocycles. The molecule has 30 heavy (non-hydrogen) atoms. The van der Waals surface area contributed by atoms with E-state index in [9.17, 15) is 9.59 Å². The van der Waals surface area contributed by atoms with Crippen molar-refractivity contribution in [2.75, 3.05) is 13.2 Å². The summed E-state index contributed by atoms with van der Waals surface area (Å²) < 4.78 is 4.92. The Balaban J connectivity index is -0.000000159. The van der Waals surface area contributed by atoms with Gasteiger partial charge in [0.2, 0.25) is 12.3 Å². The number of nitrogens with one attached hydrogen (secondary N) is 1. The fourth-order valence-electron chi connectivity index (χ4n) is 1.64. The molecule has 1 aromatic carbocycles. The Morgan fingerprint density at radius 1 is 1.17 bits per heavy atom. The van der Waals surface area contributed by atoms with Gasteiger partial charge in [-0.15, -0.1) is 0 Å². The SMILES string of the molecule is CC.CC.CC1CCC1.CCNC(C)=O.Cc1ccc(OCC(=O)O)cc1.NC=O. The van der Waals surface area contributed by atoms with Crippen molar-refractivity contribution >= 4 is 18.3 Å². The Bertz CT molecular complexity index is 501. The van der Waals surface area contributed by atoms with Gasteiger partial charge in [0.15, 0.2) is 6.61 Å². The Morgan fingerprint density at radius 3 is 1.77 bits per heavy atom. The molecule has 2 amide bonds. The molecular formula is C23H44N2O5. The smallest absolute Gasteiger partial charge is 0.341 e. The third kappa shape index (κ3) is 33.0. The van der Waals surface area contributed by atoms with Crippen molar-refractivity contribution in [3.8, 4) is 5.75 Å². The Labute approximate surface area is 183 Å². The zero-order chi connectivity index (χ0) is 24.4. The highest BCUT2D eigenvalue weighted by Crippen LogP contribution is 2.24. The van der Waals surface area contributed by atoms with Gasteiger partial charge < -0.3 is 20.9 Å². The van der Waals surface area contributed by atoms with Crippen LogP contribution >= 0.6 is 0 Å². The van der Waals surface area contributed by atoms with E-state index >= 15 is 0 Å². The van der Waals surface area contributed by atoms with Crippen molar-refractivity contribution in [1.29, 1.82) is 0 Å². The van der Waals surface area contributed by atoms with E-state index in [0.717, 1.165) is 18.0 Å². The summed E-state index contributed by atoms with van der Waals surface area (Å²) in [5, 5.41) is 10.9. The summed E-state index contributed by atoms with van der Waals surface area (Å²) in [4.78, 5) is 28.6. The molecule has 0 unspecified atom stereocenters. The molecule has 7 nitrogen and oxygen atoms in total. The van der Waals surface area contributed by atoms with Crippen molar-refractivity contribution in [3.63, 3.8) is 0 Å². The summed E-state index contributed by atoms with van der Waals surface area (Å²) in [7, 11) is 0. The monoisotopic (exact) mass is 428 g/mol. The van der Waals surface area contributed by atoms with E-state index in [1.54, 1.807) is 12.1 Å². The van der Waals surface area contributed by atoms with Gasteiger partial charge in [-0.2, -0.15) is 0 Å². The molecule has 4 N–H and O–H groups in total. The average molecular weight is 429 g/mol. The lowest BCUT2D eigenvalue weighted by Gasteiger charge is -2.18. The van der Waals surface area contributed by atoms with Crippen LogP contribution in [0.15, 0.2) is 24.3 Å². The van der Waals surface area contributed by atoms with Crippen LogP contribution in [-0.2, 0) is 14.4 Å². The summed E-state index contributed by atoms with van der Waals surface area (Å²) in [6.45, 7) is 16.1. The number of ether oxygens (including phenoxy) is 1. The van der Waals surface area contributed by atoms with Crippen molar-refractivity contribution < 1.29 is 24.2 Å². The number of primary amides is 1. The van der Waals surface area contributed by atoms with Crippen LogP contribution in [0.4, 0.5) is 0 Å². The number of rotatable bonds is 4. The highest BCUT2D eigenvalue weighted by molar-refractivity contribution is 5.72. The number of carbonyl (C=O) groups is 3. The van der Waals surface area contributed by atoms with Crippen LogP contribution in [0.3, 0.4) is 0 Å². The molecule has 1 aromatic rings. The quantitative estimate of drug-likeness (QED) is 0.607.